The number of hydrogen-bond donors (Lipinski definition) is 1. The van der Waals surface area contributed by atoms with Crippen LogP contribution in [0.4, 0.5) is 0 Å². The first kappa shape index (κ1) is 13.9. The fraction of sp³-hybridized carbons (Fsp3) is 0.545. The Morgan fingerprint density at radius 1 is 1.44 bits per heavy atom. The molecule has 100 valence electrons. The highest BCUT2D eigenvalue weighted by Gasteiger charge is 2.31. The second-order valence-electron chi connectivity index (χ2n) is 4.27. The van der Waals surface area contributed by atoms with Crippen molar-refractivity contribution in [3.63, 3.8) is 0 Å². The van der Waals surface area contributed by atoms with Crippen LogP contribution in [0.2, 0.25) is 0 Å². The number of methoxy groups -OCH3 is 1. The monoisotopic (exact) mass is 334 g/mol. The van der Waals surface area contributed by atoms with Gasteiger partial charge in [0, 0.05) is 30.0 Å². The average Bonchev–Trinajstić information content (AvgIpc) is 2.75. The number of rotatable bonds is 4. The average molecular weight is 335 g/mol. The van der Waals surface area contributed by atoms with Gasteiger partial charge in [-0.1, -0.05) is 0 Å². The maximum Gasteiger partial charge on any atom is 0.242 e. The molecule has 7 heteroatoms. The van der Waals surface area contributed by atoms with Crippen LogP contribution in [0.5, 0.6) is 0 Å². The van der Waals surface area contributed by atoms with Gasteiger partial charge in [0.05, 0.1) is 6.10 Å². The summed E-state index contributed by atoms with van der Waals surface area (Å²) in [6, 6.07) is 1.38. The van der Waals surface area contributed by atoms with E-state index in [1.807, 2.05) is 0 Å². The highest BCUT2D eigenvalue weighted by Crippen LogP contribution is 2.23. The summed E-state index contributed by atoms with van der Waals surface area (Å²) in [6.07, 6.45) is 5.51. The van der Waals surface area contributed by atoms with Crippen molar-refractivity contribution in [3.05, 3.63) is 22.9 Å². The molecule has 0 radical (unpaired) electrons. The third-order valence-corrected chi connectivity index (χ3v) is 4.94. The van der Waals surface area contributed by atoms with Gasteiger partial charge in [-0.25, -0.2) is 13.1 Å². The molecule has 0 aromatic carbocycles. The van der Waals surface area contributed by atoms with E-state index in [0.29, 0.717) is 4.47 Å². The molecule has 1 fully saturated rings. The van der Waals surface area contributed by atoms with E-state index >= 15 is 0 Å². The molecule has 0 spiro atoms. The van der Waals surface area contributed by atoms with Gasteiger partial charge in [0.2, 0.25) is 10.0 Å². The maximum absolute atomic E-state index is 12.2. The maximum atomic E-state index is 12.2. The number of nitrogens with one attached hydrogen (secondary N) is 1. The van der Waals surface area contributed by atoms with Crippen LogP contribution >= 0.6 is 15.9 Å². The first-order chi connectivity index (χ1) is 8.53. The first-order valence-electron chi connectivity index (χ1n) is 5.68. The predicted octanol–water partition coefficient (Wildman–Crippen LogP) is 1.69. The summed E-state index contributed by atoms with van der Waals surface area (Å²) in [4.78, 5) is 4.03. The Bertz CT molecular complexity index is 521. The van der Waals surface area contributed by atoms with E-state index in [1.165, 1.54) is 12.3 Å². The van der Waals surface area contributed by atoms with E-state index in [-0.39, 0.29) is 17.0 Å². The van der Waals surface area contributed by atoms with Gasteiger partial charge in [0.1, 0.15) is 4.90 Å². The summed E-state index contributed by atoms with van der Waals surface area (Å²) < 4.78 is 33.0. The van der Waals surface area contributed by atoms with Crippen molar-refractivity contribution in [1.29, 1.82) is 0 Å². The van der Waals surface area contributed by atoms with E-state index in [9.17, 15) is 8.42 Å². The van der Waals surface area contributed by atoms with Crippen LogP contribution in [-0.4, -0.2) is 32.7 Å². The molecule has 18 heavy (non-hydrogen) atoms. The molecule has 1 aromatic rings. The third kappa shape index (κ3) is 3.09. The first-order valence-corrected chi connectivity index (χ1v) is 7.96. The molecule has 1 heterocycles. The summed E-state index contributed by atoms with van der Waals surface area (Å²) in [7, 11) is -1.92. The van der Waals surface area contributed by atoms with Crippen molar-refractivity contribution in [3.8, 4) is 0 Å². The number of pyridine rings is 1. The summed E-state index contributed by atoms with van der Waals surface area (Å²) in [5, 5.41) is 0. The largest absolute Gasteiger partial charge is 0.380 e. The molecule has 1 aromatic heterocycles. The summed E-state index contributed by atoms with van der Waals surface area (Å²) >= 11 is 3.21. The van der Waals surface area contributed by atoms with Crippen molar-refractivity contribution < 1.29 is 13.2 Å². The fourth-order valence-electron chi connectivity index (χ4n) is 2.15. The molecule has 0 amide bonds. The second-order valence-corrected chi connectivity index (χ2v) is 6.90. The van der Waals surface area contributed by atoms with Crippen LogP contribution in [-0.2, 0) is 14.8 Å². The molecule has 2 atom stereocenters. The Hall–Kier alpha value is -0.500. The molecule has 0 saturated heterocycles. The van der Waals surface area contributed by atoms with Gasteiger partial charge in [-0.3, -0.25) is 4.98 Å². The lowest BCUT2D eigenvalue weighted by Crippen LogP contribution is -2.40. The number of ether oxygens (including phenoxy) is 1. The summed E-state index contributed by atoms with van der Waals surface area (Å²) in [5.74, 6) is 0. The van der Waals surface area contributed by atoms with Crippen LogP contribution in [0.15, 0.2) is 27.8 Å². The fourth-order valence-corrected chi connectivity index (χ4v) is 3.95. The van der Waals surface area contributed by atoms with E-state index in [4.69, 9.17) is 4.74 Å². The van der Waals surface area contributed by atoms with E-state index in [2.05, 4.69) is 25.6 Å². The van der Waals surface area contributed by atoms with Gasteiger partial charge in [0.25, 0.3) is 0 Å². The van der Waals surface area contributed by atoms with Gasteiger partial charge in [-0.2, -0.15) is 0 Å². The Labute approximate surface area is 115 Å². The number of nitrogens with zero attached hydrogens (tertiary/aromatic N) is 1. The Morgan fingerprint density at radius 3 is 2.89 bits per heavy atom. The Morgan fingerprint density at radius 2 is 2.22 bits per heavy atom. The summed E-state index contributed by atoms with van der Waals surface area (Å²) in [6.45, 7) is 0. The van der Waals surface area contributed by atoms with Crippen molar-refractivity contribution in [2.75, 3.05) is 7.11 Å². The number of aromatic nitrogens is 1. The molecule has 1 saturated carbocycles. The lowest BCUT2D eigenvalue weighted by molar-refractivity contribution is 0.0916. The highest BCUT2D eigenvalue weighted by molar-refractivity contribution is 9.10. The van der Waals surface area contributed by atoms with Gasteiger partial charge < -0.3 is 4.74 Å². The normalized spacial score (nSPS) is 24.3. The molecule has 1 aliphatic carbocycles. The SMILES string of the molecule is COC1CCCC1NS(=O)(=O)c1cncc(Br)c1. The number of halogens is 1. The van der Waals surface area contributed by atoms with Crippen molar-refractivity contribution in [1.82, 2.24) is 9.71 Å². The van der Waals surface area contributed by atoms with E-state index in [1.54, 1.807) is 13.3 Å². The molecule has 2 rings (SSSR count). The molecule has 2 unspecified atom stereocenters. The zero-order chi connectivity index (χ0) is 13.2. The van der Waals surface area contributed by atoms with Gasteiger partial charge in [-0.05, 0) is 41.3 Å². The molecule has 1 aliphatic rings. The van der Waals surface area contributed by atoms with Gasteiger partial charge in [-0.15, -0.1) is 0 Å². The molecular weight excluding hydrogens is 320 g/mol. The van der Waals surface area contributed by atoms with Crippen LogP contribution in [0, 0.1) is 0 Å². The van der Waals surface area contributed by atoms with Gasteiger partial charge >= 0.3 is 0 Å². The smallest absolute Gasteiger partial charge is 0.242 e. The number of sulfonamides is 1. The number of hydrogen-bond acceptors (Lipinski definition) is 4. The lowest BCUT2D eigenvalue weighted by atomic mass is 10.2. The van der Waals surface area contributed by atoms with Gasteiger partial charge in [0.15, 0.2) is 0 Å². The summed E-state index contributed by atoms with van der Waals surface area (Å²) in [5.41, 5.74) is 0. The lowest BCUT2D eigenvalue weighted by Gasteiger charge is -2.19. The van der Waals surface area contributed by atoms with Crippen molar-refractivity contribution >= 4 is 26.0 Å². The topological polar surface area (TPSA) is 68.3 Å². The Balaban J connectivity index is 2.17. The van der Waals surface area contributed by atoms with Crippen molar-refractivity contribution in [2.24, 2.45) is 0 Å². The molecule has 0 aliphatic heterocycles. The highest BCUT2D eigenvalue weighted by atomic mass is 79.9. The molecule has 0 bridgehead atoms. The van der Waals surface area contributed by atoms with Crippen LogP contribution in [0.25, 0.3) is 0 Å². The van der Waals surface area contributed by atoms with Crippen LogP contribution in [0.3, 0.4) is 0 Å². The van der Waals surface area contributed by atoms with Crippen LogP contribution < -0.4 is 4.72 Å². The third-order valence-electron chi connectivity index (χ3n) is 3.05. The van der Waals surface area contributed by atoms with Crippen LogP contribution in [0.1, 0.15) is 19.3 Å². The quantitative estimate of drug-likeness (QED) is 0.909. The predicted molar refractivity (Wildman–Crippen MR) is 70.7 cm³/mol. The van der Waals surface area contributed by atoms with E-state index < -0.39 is 10.0 Å². The minimum absolute atomic E-state index is 0.0418. The zero-order valence-electron chi connectivity index (χ0n) is 9.97. The molecule has 1 N–H and O–H groups in total. The minimum Gasteiger partial charge on any atom is -0.380 e. The van der Waals surface area contributed by atoms with Crippen molar-refractivity contribution in [2.45, 2.75) is 36.3 Å². The van der Waals surface area contributed by atoms with E-state index in [0.717, 1.165) is 19.3 Å². The Kier molecular flexibility index (Phi) is 4.37. The molecule has 5 nitrogen and oxygen atoms in total. The zero-order valence-corrected chi connectivity index (χ0v) is 12.4. The standard InChI is InChI=1S/C11H15BrN2O3S/c1-17-11-4-2-3-10(11)14-18(15,16)9-5-8(12)6-13-7-9/h5-7,10-11,14H,2-4H2,1H3. The minimum atomic E-state index is -3.53. The second kappa shape index (κ2) is 5.64. The molecular formula is C11H15BrN2O3S.